The van der Waals surface area contributed by atoms with Gasteiger partial charge in [0, 0.05) is 19.0 Å². The molecule has 90 valence electrons. The van der Waals surface area contributed by atoms with Crippen LogP contribution in [0, 0.1) is 0 Å². The van der Waals surface area contributed by atoms with Gasteiger partial charge in [0.1, 0.15) is 11.0 Å². The molecule has 0 saturated carbocycles. The van der Waals surface area contributed by atoms with Crippen LogP contribution in [0.5, 0.6) is 0 Å². The van der Waals surface area contributed by atoms with Gasteiger partial charge in [-0.2, -0.15) is 11.8 Å². The molecular weight excluding hydrogens is 244 g/mol. The molecule has 16 heavy (non-hydrogen) atoms. The second-order valence-electron chi connectivity index (χ2n) is 3.39. The smallest absolute Gasteiger partial charge is 0.254 e. The molecule has 0 saturated heterocycles. The average molecular weight is 261 g/mol. The number of rotatable bonds is 6. The fraction of sp³-hybridized carbons (Fsp3) is 0.636. The Labute approximate surface area is 105 Å². The standard InChI is InChI=1S/C11H17ClN2OS/c1-3-10-13-9(12)8-11(15)14(10)6-5-7-16-4-2/h8H,3-7H2,1-2H3. The van der Waals surface area contributed by atoms with E-state index in [0.717, 1.165) is 36.7 Å². The van der Waals surface area contributed by atoms with E-state index in [4.69, 9.17) is 11.6 Å². The maximum atomic E-state index is 11.7. The molecule has 0 spiro atoms. The predicted molar refractivity (Wildman–Crippen MR) is 70.5 cm³/mol. The Bertz CT molecular complexity index is 392. The van der Waals surface area contributed by atoms with Gasteiger partial charge >= 0.3 is 0 Å². The van der Waals surface area contributed by atoms with Gasteiger partial charge in [0.05, 0.1) is 0 Å². The molecule has 0 fully saturated rings. The molecule has 1 aromatic heterocycles. The Balaban J connectivity index is 2.74. The molecule has 0 radical (unpaired) electrons. The molecule has 0 bridgehead atoms. The second-order valence-corrected chi connectivity index (χ2v) is 5.17. The Morgan fingerprint density at radius 3 is 2.88 bits per heavy atom. The van der Waals surface area contributed by atoms with Gasteiger partial charge in [-0.05, 0) is 17.9 Å². The van der Waals surface area contributed by atoms with Gasteiger partial charge in [0.2, 0.25) is 0 Å². The summed E-state index contributed by atoms with van der Waals surface area (Å²) in [5.41, 5.74) is -0.0432. The van der Waals surface area contributed by atoms with Crippen molar-refractivity contribution in [2.24, 2.45) is 0 Å². The van der Waals surface area contributed by atoms with Gasteiger partial charge < -0.3 is 0 Å². The van der Waals surface area contributed by atoms with Crippen molar-refractivity contribution in [1.29, 1.82) is 0 Å². The van der Waals surface area contributed by atoms with Crippen molar-refractivity contribution >= 4 is 23.4 Å². The van der Waals surface area contributed by atoms with Crippen LogP contribution in [0.1, 0.15) is 26.1 Å². The maximum Gasteiger partial charge on any atom is 0.254 e. The lowest BCUT2D eigenvalue weighted by Gasteiger charge is -2.10. The fourth-order valence-electron chi connectivity index (χ4n) is 1.50. The second kappa shape index (κ2) is 6.97. The molecule has 1 aromatic rings. The Morgan fingerprint density at radius 2 is 2.25 bits per heavy atom. The number of halogens is 1. The van der Waals surface area contributed by atoms with E-state index in [-0.39, 0.29) is 5.56 Å². The third-order valence-electron chi connectivity index (χ3n) is 2.25. The molecule has 0 aliphatic carbocycles. The van der Waals surface area contributed by atoms with Gasteiger partial charge in [-0.15, -0.1) is 0 Å². The zero-order valence-corrected chi connectivity index (χ0v) is 11.3. The van der Waals surface area contributed by atoms with Crippen LogP contribution in [0.4, 0.5) is 0 Å². The van der Waals surface area contributed by atoms with Crippen LogP contribution in [0.2, 0.25) is 5.15 Å². The van der Waals surface area contributed by atoms with Crippen molar-refractivity contribution < 1.29 is 0 Å². The summed E-state index contributed by atoms with van der Waals surface area (Å²) in [6.45, 7) is 4.85. The molecule has 0 N–H and O–H groups in total. The van der Waals surface area contributed by atoms with E-state index in [1.807, 2.05) is 18.7 Å². The first-order valence-corrected chi connectivity index (χ1v) is 7.06. The fourth-order valence-corrected chi connectivity index (χ4v) is 2.31. The highest BCUT2D eigenvalue weighted by Gasteiger charge is 2.05. The first-order valence-electron chi connectivity index (χ1n) is 5.53. The minimum Gasteiger partial charge on any atom is -0.297 e. The number of thioether (sulfide) groups is 1. The number of hydrogen-bond donors (Lipinski definition) is 0. The molecular formula is C11H17ClN2OS. The largest absolute Gasteiger partial charge is 0.297 e. The minimum atomic E-state index is -0.0432. The normalized spacial score (nSPS) is 10.7. The Kier molecular flexibility index (Phi) is 5.91. The third-order valence-corrected chi connectivity index (χ3v) is 3.43. The molecule has 0 atom stereocenters. The zero-order chi connectivity index (χ0) is 12.0. The van der Waals surface area contributed by atoms with E-state index < -0.39 is 0 Å². The highest BCUT2D eigenvalue weighted by Crippen LogP contribution is 2.06. The maximum absolute atomic E-state index is 11.7. The summed E-state index contributed by atoms with van der Waals surface area (Å²) in [5, 5.41) is 0.293. The van der Waals surface area contributed by atoms with Crippen molar-refractivity contribution in [1.82, 2.24) is 9.55 Å². The van der Waals surface area contributed by atoms with Crippen LogP contribution < -0.4 is 5.56 Å². The summed E-state index contributed by atoms with van der Waals surface area (Å²) < 4.78 is 1.72. The van der Waals surface area contributed by atoms with Crippen molar-refractivity contribution in [3.8, 4) is 0 Å². The summed E-state index contributed by atoms with van der Waals surface area (Å²) in [6, 6.07) is 1.38. The number of aromatic nitrogens is 2. The van der Waals surface area contributed by atoms with E-state index in [0.29, 0.717) is 5.15 Å². The lowest BCUT2D eigenvalue weighted by atomic mass is 10.4. The predicted octanol–water partition coefficient (Wildman–Crippen LogP) is 2.60. The Hall–Kier alpha value is -0.480. The average Bonchev–Trinajstić information content (AvgIpc) is 2.26. The number of nitrogens with zero attached hydrogens (tertiary/aromatic N) is 2. The van der Waals surface area contributed by atoms with Crippen LogP contribution in [0.25, 0.3) is 0 Å². The summed E-state index contributed by atoms with van der Waals surface area (Å²) in [7, 11) is 0. The molecule has 0 aromatic carbocycles. The van der Waals surface area contributed by atoms with Crippen molar-refractivity contribution in [2.45, 2.75) is 33.2 Å². The van der Waals surface area contributed by atoms with Gasteiger partial charge in [-0.3, -0.25) is 9.36 Å². The van der Waals surface area contributed by atoms with E-state index in [1.165, 1.54) is 6.07 Å². The van der Waals surface area contributed by atoms with E-state index in [9.17, 15) is 4.79 Å². The van der Waals surface area contributed by atoms with Crippen LogP contribution in [0.3, 0.4) is 0 Å². The molecule has 0 amide bonds. The summed E-state index contributed by atoms with van der Waals surface area (Å²) >= 11 is 7.64. The highest BCUT2D eigenvalue weighted by molar-refractivity contribution is 7.99. The van der Waals surface area contributed by atoms with Crippen molar-refractivity contribution in [3.05, 3.63) is 27.4 Å². The Morgan fingerprint density at radius 1 is 1.50 bits per heavy atom. The van der Waals surface area contributed by atoms with Crippen LogP contribution in [0.15, 0.2) is 10.9 Å². The molecule has 1 heterocycles. The third kappa shape index (κ3) is 3.83. The van der Waals surface area contributed by atoms with Gasteiger partial charge in [-0.1, -0.05) is 25.4 Å². The molecule has 5 heteroatoms. The zero-order valence-electron chi connectivity index (χ0n) is 9.70. The topological polar surface area (TPSA) is 34.9 Å². The highest BCUT2D eigenvalue weighted by atomic mass is 35.5. The van der Waals surface area contributed by atoms with Gasteiger partial charge in [0.15, 0.2) is 0 Å². The summed E-state index contributed by atoms with van der Waals surface area (Å²) in [5.74, 6) is 2.97. The molecule has 0 aliphatic heterocycles. The first-order chi connectivity index (χ1) is 7.69. The van der Waals surface area contributed by atoms with Gasteiger partial charge in [-0.25, -0.2) is 4.98 Å². The quantitative estimate of drug-likeness (QED) is 0.583. The molecule has 3 nitrogen and oxygen atoms in total. The molecule has 0 unspecified atom stereocenters. The van der Waals surface area contributed by atoms with Crippen LogP contribution in [-0.2, 0) is 13.0 Å². The van der Waals surface area contributed by atoms with Crippen LogP contribution in [-0.4, -0.2) is 21.1 Å². The van der Waals surface area contributed by atoms with Gasteiger partial charge in [0.25, 0.3) is 5.56 Å². The van der Waals surface area contributed by atoms with E-state index in [2.05, 4.69) is 11.9 Å². The monoisotopic (exact) mass is 260 g/mol. The van der Waals surface area contributed by atoms with E-state index in [1.54, 1.807) is 4.57 Å². The first kappa shape index (κ1) is 13.6. The number of aryl methyl sites for hydroxylation is 1. The van der Waals surface area contributed by atoms with Crippen LogP contribution >= 0.6 is 23.4 Å². The lowest BCUT2D eigenvalue weighted by molar-refractivity contribution is 0.605. The number of hydrogen-bond acceptors (Lipinski definition) is 3. The molecule has 0 aliphatic rings. The van der Waals surface area contributed by atoms with E-state index >= 15 is 0 Å². The summed E-state index contributed by atoms with van der Waals surface area (Å²) in [6.07, 6.45) is 1.73. The molecule has 1 rings (SSSR count). The minimum absolute atomic E-state index is 0.0432. The van der Waals surface area contributed by atoms with Crippen molar-refractivity contribution in [2.75, 3.05) is 11.5 Å². The lowest BCUT2D eigenvalue weighted by Crippen LogP contribution is -2.24. The van der Waals surface area contributed by atoms with Crippen molar-refractivity contribution in [3.63, 3.8) is 0 Å². The summed E-state index contributed by atoms with van der Waals surface area (Å²) in [4.78, 5) is 15.9. The SMILES string of the molecule is CCSCCCn1c(CC)nc(Cl)cc1=O.